The van der Waals surface area contributed by atoms with E-state index in [1.165, 1.54) is 18.2 Å². The van der Waals surface area contributed by atoms with Crippen molar-refractivity contribution in [2.24, 2.45) is 29.4 Å². The molecule has 7 N–H and O–H groups in total. The number of rotatable bonds is 3. The van der Waals surface area contributed by atoms with E-state index >= 15 is 0 Å². The number of amides is 2. The Morgan fingerprint density at radius 3 is 2.42 bits per heavy atom. The molecule has 10 heteroatoms. The number of fused-ring (bicyclic) bond motifs is 2. The number of anilines is 1. The van der Waals surface area contributed by atoms with Gasteiger partial charge in [-0.15, -0.1) is 0 Å². The molecule has 7 atom stereocenters. The quantitative estimate of drug-likeness (QED) is 0.323. The standard InChI is InChI=1S/C28H41FN2O7/c1-15-6-5-7-19(13-32)26(38-28(30)37)18(4)10-16(2)24(34)20(14-33)11-17(3)25(35)22-12-21(31-27(15)36)8-9-23(22)29/h6,8-10,12,16-17,19-20,24-26,32-35H,5,7,11,13-14H2,1-4H3,(H2,30,37)(H,31,36)/b15-6+,18-10+/t16-,17-,19+,20+,24+,25+,26-/m0/s1. The Morgan fingerprint density at radius 1 is 1.16 bits per heavy atom. The molecule has 0 aliphatic carbocycles. The fourth-order valence-electron chi connectivity index (χ4n) is 4.98. The van der Waals surface area contributed by atoms with E-state index in [-0.39, 0.29) is 25.2 Å². The zero-order valence-electron chi connectivity index (χ0n) is 22.4. The van der Waals surface area contributed by atoms with Gasteiger partial charge in [0.2, 0.25) is 0 Å². The van der Waals surface area contributed by atoms with Crippen molar-refractivity contribution >= 4 is 17.7 Å². The summed E-state index contributed by atoms with van der Waals surface area (Å²) in [6, 6.07) is 3.94. The molecule has 1 aliphatic rings. The van der Waals surface area contributed by atoms with Gasteiger partial charge >= 0.3 is 6.09 Å². The van der Waals surface area contributed by atoms with Gasteiger partial charge in [0.1, 0.15) is 11.9 Å². The minimum Gasteiger partial charge on any atom is -0.441 e. The first-order chi connectivity index (χ1) is 17.9. The Morgan fingerprint density at radius 2 is 1.82 bits per heavy atom. The zero-order chi connectivity index (χ0) is 28.6. The van der Waals surface area contributed by atoms with Crippen LogP contribution in [0.25, 0.3) is 0 Å². The van der Waals surface area contributed by atoms with Crippen molar-refractivity contribution in [1.29, 1.82) is 0 Å². The Hall–Kier alpha value is -2.79. The molecule has 0 spiro atoms. The molecule has 0 fully saturated rings. The second-order valence-electron chi connectivity index (χ2n) is 10.3. The Balaban J connectivity index is 2.52. The molecule has 0 aromatic heterocycles. The van der Waals surface area contributed by atoms with Crippen molar-refractivity contribution in [3.8, 4) is 0 Å². The number of carbonyl (C=O) groups is 2. The van der Waals surface area contributed by atoms with E-state index < -0.39 is 59.8 Å². The van der Waals surface area contributed by atoms with Crippen LogP contribution >= 0.6 is 0 Å². The van der Waals surface area contributed by atoms with Crippen LogP contribution in [0.2, 0.25) is 0 Å². The number of halogens is 1. The highest BCUT2D eigenvalue weighted by molar-refractivity contribution is 6.03. The molecular formula is C28H41FN2O7. The third kappa shape index (κ3) is 8.36. The number of aliphatic hydroxyl groups is 4. The van der Waals surface area contributed by atoms with Gasteiger partial charge in [0.05, 0.1) is 12.2 Å². The summed E-state index contributed by atoms with van der Waals surface area (Å²) in [5, 5.41) is 44.7. The van der Waals surface area contributed by atoms with Crippen molar-refractivity contribution in [3.05, 3.63) is 52.9 Å². The number of hydrogen-bond acceptors (Lipinski definition) is 7. The highest BCUT2D eigenvalue weighted by Crippen LogP contribution is 2.33. The molecule has 1 aromatic rings. The molecule has 2 bridgehead atoms. The number of primary amides is 1. The first-order valence-electron chi connectivity index (χ1n) is 12.9. The third-order valence-electron chi connectivity index (χ3n) is 7.27. The average Bonchev–Trinajstić information content (AvgIpc) is 2.87. The third-order valence-corrected chi connectivity index (χ3v) is 7.27. The van der Waals surface area contributed by atoms with Gasteiger partial charge in [0, 0.05) is 47.8 Å². The van der Waals surface area contributed by atoms with Gasteiger partial charge in [-0.1, -0.05) is 26.0 Å². The highest BCUT2D eigenvalue weighted by atomic mass is 19.1. The smallest absolute Gasteiger partial charge is 0.405 e. The molecule has 212 valence electrons. The lowest BCUT2D eigenvalue weighted by atomic mass is 9.81. The average molecular weight is 537 g/mol. The molecule has 0 saturated carbocycles. The molecule has 2 rings (SSSR count). The molecule has 0 saturated heterocycles. The largest absolute Gasteiger partial charge is 0.441 e. The topological polar surface area (TPSA) is 162 Å². The lowest BCUT2D eigenvalue weighted by molar-refractivity contribution is -0.112. The van der Waals surface area contributed by atoms with E-state index in [0.29, 0.717) is 29.7 Å². The van der Waals surface area contributed by atoms with E-state index in [4.69, 9.17) is 10.5 Å². The van der Waals surface area contributed by atoms with Crippen LogP contribution in [-0.2, 0) is 9.53 Å². The number of benzene rings is 1. The Kier molecular flexibility index (Phi) is 11.9. The summed E-state index contributed by atoms with van der Waals surface area (Å²) in [6.45, 7) is 6.06. The monoisotopic (exact) mass is 536 g/mol. The normalized spacial score (nSPS) is 32.9. The molecular weight excluding hydrogens is 495 g/mol. The van der Waals surface area contributed by atoms with Crippen LogP contribution in [0, 0.1) is 29.5 Å². The predicted octanol–water partition coefficient (Wildman–Crippen LogP) is 3.19. The molecule has 0 unspecified atom stereocenters. The Labute approximate surface area is 223 Å². The van der Waals surface area contributed by atoms with Crippen molar-refractivity contribution < 1.29 is 39.1 Å². The summed E-state index contributed by atoms with van der Waals surface area (Å²) in [5.74, 6) is -3.27. The predicted molar refractivity (Wildman–Crippen MR) is 141 cm³/mol. The summed E-state index contributed by atoms with van der Waals surface area (Å²) in [4.78, 5) is 24.4. The number of aliphatic hydroxyl groups excluding tert-OH is 4. The van der Waals surface area contributed by atoms with Crippen LogP contribution in [-0.4, -0.2) is 57.8 Å². The first kappa shape index (κ1) is 31.4. The lowest BCUT2D eigenvalue weighted by Crippen LogP contribution is -2.35. The van der Waals surface area contributed by atoms with Crippen LogP contribution in [0.15, 0.2) is 41.5 Å². The summed E-state index contributed by atoms with van der Waals surface area (Å²) >= 11 is 0. The summed E-state index contributed by atoms with van der Waals surface area (Å²) in [5.41, 5.74) is 6.55. The second-order valence-corrected chi connectivity index (χ2v) is 10.3. The number of hydrogen-bond donors (Lipinski definition) is 6. The molecule has 38 heavy (non-hydrogen) atoms. The van der Waals surface area contributed by atoms with E-state index in [0.717, 1.165) is 0 Å². The molecule has 1 aromatic carbocycles. The summed E-state index contributed by atoms with van der Waals surface area (Å²) in [6.07, 6.45) is 0.152. The van der Waals surface area contributed by atoms with Crippen LogP contribution in [0.4, 0.5) is 14.9 Å². The fraction of sp³-hybridized carbons (Fsp3) is 0.571. The number of nitrogens with one attached hydrogen (secondary N) is 1. The van der Waals surface area contributed by atoms with Crippen molar-refractivity contribution in [1.82, 2.24) is 0 Å². The number of allylic oxidation sites excluding steroid dienone is 1. The van der Waals surface area contributed by atoms with Crippen molar-refractivity contribution in [3.63, 3.8) is 0 Å². The molecule has 9 nitrogen and oxygen atoms in total. The zero-order valence-corrected chi connectivity index (χ0v) is 22.4. The Bertz CT molecular complexity index is 1030. The molecule has 2 amide bonds. The fourth-order valence-corrected chi connectivity index (χ4v) is 4.98. The van der Waals surface area contributed by atoms with Gasteiger partial charge in [-0.05, 0) is 62.8 Å². The van der Waals surface area contributed by atoms with Crippen LogP contribution in [0.5, 0.6) is 0 Å². The molecule has 0 radical (unpaired) electrons. The number of nitrogens with two attached hydrogens (primary N) is 1. The maximum atomic E-state index is 14.6. The van der Waals surface area contributed by atoms with Crippen molar-refractivity contribution in [2.75, 3.05) is 18.5 Å². The minimum atomic E-state index is -1.25. The second kappa shape index (κ2) is 14.4. The van der Waals surface area contributed by atoms with Crippen LogP contribution in [0.1, 0.15) is 58.6 Å². The number of carbonyl (C=O) groups excluding carboxylic acids is 2. The molecule has 1 heterocycles. The lowest BCUT2D eigenvalue weighted by Gasteiger charge is -2.31. The van der Waals surface area contributed by atoms with Crippen molar-refractivity contribution in [2.45, 2.75) is 65.3 Å². The minimum absolute atomic E-state index is 0.00190. The highest BCUT2D eigenvalue weighted by Gasteiger charge is 2.31. The van der Waals surface area contributed by atoms with Gasteiger partial charge in [0.25, 0.3) is 5.91 Å². The van der Waals surface area contributed by atoms with E-state index in [1.807, 2.05) is 0 Å². The van der Waals surface area contributed by atoms with Crippen LogP contribution in [0.3, 0.4) is 0 Å². The van der Waals surface area contributed by atoms with Gasteiger partial charge in [-0.25, -0.2) is 9.18 Å². The SMILES string of the molecule is C/C1=C\CC[C@H](CO)[C@@H](OC(N)=O)/C(C)=C/[C@H](C)[C@@H](O)[C@@H](CO)C[C@H](C)[C@@H](O)c2cc(ccc2F)NC1=O. The van der Waals surface area contributed by atoms with E-state index in [9.17, 15) is 34.4 Å². The first-order valence-corrected chi connectivity index (χ1v) is 12.9. The van der Waals surface area contributed by atoms with Gasteiger partial charge in [0.15, 0.2) is 0 Å². The van der Waals surface area contributed by atoms with Gasteiger partial charge < -0.3 is 36.2 Å². The maximum Gasteiger partial charge on any atom is 0.405 e. The van der Waals surface area contributed by atoms with Crippen LogP contribution < -0.4 is 11.1 Å². The van der Waals surface area contributed by atoms with Gasteiger partial charge in [-0.3, -0.25) is 4.79 Å². The van der Waals surface area contributed by atoms with E-state index in [1.54, 1.807) is 39.8 Å². The van der Waals surface area contributed by atoms with E-state index in [2.05, 4.69) is 5.32 Å². The summed E-state index contributed by atoms with van der Waals surface area (Å²) in [7, 11) is 0. The number of ether oxygens (including phenoxy) is 1. The maximum absolute atomic E-state index is 14.6. The van der Waals surface area contributed by atoms with Gasteiger partial charge in [-0.2, -0.15) is 0 Å². The summed E-state index contributed by atoms with van der Waals surface area (Å²) < 4.78 is 20.0. The molecule has 1 aliphatic heterocycles.